The zero-order valence-electron chi connectivity index (χ0n) is 20.2. The molecule has 8 heteroatoms. The lowest BCUT2D eigenvalue weighted by atomic mass is 9.84. The van der Waals surface area contributed by atoms with Crippen molar-refractivity contribution in [2.24, 2.45) is 0 Å². The number of nitrogens with zero attached hydrogens (tertiary/aromatic N) is 2. The van der Waals surface area contributed by atoms with Gasteiger partial charge in [0.05, 0.1) is 31.5 Å². The van der Waals surface area contributed by atoms with Crippen LogP contribution < -0.4 is 20.1 Å². The third-order valence-corrected chi connectivity index (χ3v) is 5.93. The smallest absolute Gasteiger partial charge is 0.255 e. The molecule has 8 nitrogen and oxygen atoms in total. The minimum atomic E-state index is -0.329. The van der Waals surface area contributed by atoms with E-state index in [2.05, 4.69) is 29.6 Å². The van der Waals surface area contributed by atoms with Crippen molar-refractivity contribution in [3.8, 4) is 11.5 Å². The quantitative estimate of drug-likeness (QED) is 0.399. The molecular formula is C27H28N4O4. The number of carbonyl (C=O) groups excluding carboxylic acids is 2. The number of methoxy groups -OCH3 is 2. The Balaban J connectivity index is 1.40. The van der Waals surface area contributed by atoms with E-state index in [0.29, 0.717) is 34.9 Å². The van der Waals surface area contributed by atoms with Crippen molar-refractivity contribution in [2.45, 2.75) is 19.3 Å². The summed E-state index contributed by atoms with van der Waals surface area (Å²) in [6.45, 7) is 4.55. The highest BCUT2D eigenvalue weighted by Crippen LogP contribution is 2.28. The molecule has 2 aromatic carbocycles. The van der Waals surface area contributed by atoms with Gasteiger partial charge in [-0.1, -0.05) is 32.0 Å². The van der Waals surface area contributed by atoms with Crippen molar-refractivity contribution in [3.05, 3.63) is 89.7 Å². The third kappa shape index (κ3) is 5.11. The molecule has 2 aromatic heterocycles. The number of ether oxygens (including phenoxy) is 2. The largest absolute Gasteiger partial charge is 0.493 e. The molecule has 0 atom stereocenters. The zero-order valence-corrected chi connectivity index (χ0v) is 20.2. The van der Waals surface area contributed by atoms with Crippen LogP contribution in [-0.2, 0) is 5.41 Å². The number of pyridine rings is 1. The molecule has 4 aromatic rings. The van der Waals surface area contributed by atoms with Gasteiger partial charge in [-0.15, -0.1) is 0 Å². The Morgan fingerprint density at radius 1 is 0.943 bits per heavy atom. The van der Waals surface area contributed by atoms with E-state index in [1.54, 1.807) is 36.0 Å². The molecule has 0 unspecified atom stereocenters. The highest BCUT2D eigenvalue weighted by Gasteiger charge is 2.23. The van der Waals surface area contributed by atoms with E-state index in [1.165, 1.54) is 7.11 Å². The number of carbonyl (C=O) groups is 2. The molecule has 180 valence electrons. The summed E-state index contributed by atoms with van der Waals surface area (Å²) in [6.07, 6.45) is 3.38. The number of hydrogen-bond donors (Lipinski definition) is 2. The van der Waals surface area contributed by atoms with Gasteiger partial charge in [0.2, 0.25) is 0 Å². The molecule has 35 heavy (non-hydrogen) atoms. The van der Waals surface area contributed by atoms with E-state index in [4.69, 9.17) is 9.47 Å². The first-order chi connectivity index (χ1) is 16.8. The van der Waals surface area contributed by atoms with Crippen LogP contribution in [0.2, 0.25) is 0 Å². The Morgan fingerprint density at radius 3 is 2.40 bits per heavy atom. The fraction of sp³-hybridized carbons (Fsp3) is 0.222. The van der Waals surface area contributed by atoms with Gasteiger partial charge in [-0.2, -0.15) is 5.10 Å². The predicted octanol–water partition coefficient (Wildman–Crippen LogP) is 4.31. The number of amides is 2. The molecule has 0 saturated carbocycles. The summed E-state index contributed by atoms with van der Waals surface area (Å²) in [6, 6.07) is 18.2. The van der Waals surface area contributed by atoms with E-state index in [9.17, 15) is 9.59 Å². The Hall–Kier alpha value is -4.33. The second-order valence-electron chi connectivity index (χ2n) is 8.76. The molecule has 4 rings (SSSR count). The summed E-state index contributed by atoms with van der Waals surface area (Å²) < 4.78 is 12.2. The SMILES string of the molecule is COc1ccc(C(=O)Nc2ccc(C(C)(C)CNC(=O)c3cnn4ccccc34)cc2)cc1OC. The van der Waals surface area contributed by atoms with Crippen LogP contribution >= 0.6 is 0 Å². The fourth-order valence-electron chi connectivity index (χ4n) is 3.79. The van der Waals surface area contributed by atoms with Gasteiger partial charge in [0.1, 0.15) is 0 Å². The van der Waals surface area contributed by atoms with Crippen LogP contribution in [0.15, 0.2) is 73.1 Å². The summed E-state index contributed by atoms with van der Waals surface area (Å²) in [5.74, 6) is 0.629. The highest BCUT2D eigenvalue weighted by atomic mass is 16.5. The first kappa shape index (κ1) is 23.8. The summed E-state index contributed by atoms with van der Waals surface area (Å²) in [7, 11) is 3.08. The summed E-state index contributed by atoms with van der Waals surface area (Å²) in [5.41, 5.74) is 3.13. The average Bonchev–Trinajstić information content (AvgIpc) is 3.31. The lowest BCUT2D eigenvalue weighted by Crippen LogP contribution is -2.36. The second-order valence-corrected chi connectivity index (χ2v) is 8.76. The maximum atomic E-state index is 12.8. The van der Waals surface area contributed by atoms with Gasteiger partial charge in [-0.25, -0.2) is 4.52 Å². The van der Waals surface area contributed by atoms with E-state index in [1.807, 2.05) is 48.7 Å². The minimum absolute atomic E-state index is 0.168. The molecule has 2 heterocycles. The van der Waals surface area contributed by atoms with Gasteiger partial charge in [0.15, 0.2) is 11.5 Å². The van der Waals surface area contributed by atoms with Gasteiger partial charge in [0, 0.05) is 29.4 Å². The number of aromatic nitrogens is 2. The molecule has 0 aliphatic carbocycles. The third-order valence-electron chi connectivity index (χ3n) is 5.93. The number of nitrogens with one attached hydrogen (secondary N) is 2. The maximum absolute atomic E-state index is 12.8. The van der Waals surface area contributed by atoms with E-state index < -0.39 is 0 Å². The Bertz CT molecular complexity index is 1360. The molecule has 0 bridgehead atoms. The first-order valence-corrected chi connectivity index (χ1v) is 11.2. The molecule has 0 aliphatic heterocycles. The number of fused-ring (bicyclic) bond motifs is 1. The van der Waals surface area contributed by atoms with E-state index in [-0.39, 0.29) is 17.2 Å². The van der Waals surface area contributed by atoms with Crippen LogP contribution in [0.25, 0.3) is 5.52 Å². The monoisotopic (exact) mass is 472 g/mol. The van der Waals surface area contributed by atoms with Crippen LogP contribution in [0, 0.1) is 0 Å². The number of rotatable bonds is 8. The molecule has 2 amide bonds. The second kappa shape index (κ2) is 9.89. The van der Waals surface area contributed by atoms with Crippen LogP contribution in [0.3, 0.4) is 0 Å². The lowest BCUT2D eigenvalue weighted by molar-refractivity contribution is 0.0946. The van der Waals surface area contributed by atoms with E-state index >= 15 is 0 Å². The van der Waals surface area contributed by atoms with Crippen molar-refractivity contribution in [2.75, 3.05) is 26.1 Å². The van der Waals surface area contributed by atoms with Crippen LogP contribution in [0.4, 0.5) is 5.69 Å². The normalized spacial score (nSPS) is 11.2. The molecule has 0 aliphatic rings. The van der Waals surface area contributed by atoms with Gasteiger partial charge in [-0.05, 0) is 48.0 Å². The Morgan fingerprint density at radius 2 is 1.69 bits per heavy atom. The van der Waals surface area contributed by atoms with Crippen LogP contribution in [0.1, 0.15) is 40.1 Å². The summed E-state index contributed by atoms with van der Waals surface area (Å²) in [4.78, 5) is 25.5. The Kier molecular flexibility index (Phi) is 6.73. The number of benzene rings is 2. The lowest BCUT2D eigenvalue weighted by Gasteiger charge is -2.26. The average molecular weight is 473 g/mol. The minimum Gasteiger partial charge on any atom is -0.493 e. The highest BCUT2D eigenvalue weighted by molar-refractivity contribution is 6.04. The van der Waals surface area contributed by atoms with Gasteiger partial charge >= 0.3 is 0 Å². The van der Waals surface area contributed by atoms with Crippen LogP contribution in [-0.4, -0.2) is 42.2 Å². The van der Waals surface area contributed by atoms with Gasteiger partial charge in [-0.3, -0.25) is 9.59 Å². The fourth-order valence-corrected chi connectivity index (χ4v) is 3.79. The molecule has 0 saturated heterocycles. The molecule has 0 spiro atoms. The van der Waals surface area contributed by atoms with Crippen molar-refractivity contribution < 1.29 is 19.1 Å². The molecule has 2 N–H and O–H groups in total. The summed E-state index contributed by atoms with van der Waals surface area (Å²) in [5, 5.41) is 10.1. The van der Waals surface area contributed by atoms with Gasteiger partial charge in [0.25, 0.3) is 11.8 Å². The molecular weight excluding hydrogens is 444 g/mol. The van der Waals surface area contributed by atoms with Crippen molar-refractivity contribution in [3.63, 3.8) is 0 Å². The maximum Gasteiger partial charge on any atom is 0.255 e. The number of hydrogen-bond acceptors (Lipinski definition) is 5. The van der Waals surface area contributed by atoms with Crippen LogP contribution in [0.5, 0.6) is 11.5 Å². The van der Waals surface area contributed by atoms with Gasteiger partial charge < -0.3 is 20.1 Å². The summed E-state index contributed by atoms with van der Waals surface area (Å²) >= 11 is 0. The zero-order chi connectivity index (χ0) is 25.0. The topological polar surface area (TPSA) is 94.0 Å². The van der Waals surface area contributed by atoms with Crippen molar-refractivity contribution in [1.29, 1.82) is 0 Å². The van der Waals surface area contributed by atoms with E-state index in [0.717, 1.165) is 11.1 Å². The van der Waals surface area contributed by atoms with Crippen molar-refractivity contribution >= 4 is 23.0 Å². The standard InChI is InChI=1S/C27H28N4O4/c1-27(2,17-28-26(33)21-16-29-31-14-6-5-7-22(21)31)19-9-11-20(12-10-19)30-25(32)18-8-13-23(34-3)24(15-18)35-4/h5-16H,17H2,1-4H3,(H,28,33)(H,30,32). The predicted molar refractivity (Wildman–Crippen MR) is 134 cm³/mol. The molecule has 0 fully saturated rings. The molecule has 0 radical (unpaired) electrons. The first-order valence-electron chi connectivity index (χ1n) is 11.2. The Labute approximate surface area is 203 Å². The van der Waals surface area contributed by atoms with Crippen molar-refractivity contribution in [1.82, 2.24) is 14.9 Å². The number of anilines is 1.